The van der Waals surface area contributed by atoms with Crippen LogP contribution in [0.1, 0.15) is 32.6 Å². The van der Waals surface area contributed by atoms with Gasteiger partial charge in [-0.2, -0.15) is 0 Å². The predicted octanol–water partition coefficient (Wildman–Crippen LogP) is 3.31. The van der Waals surface area contributed by atoms with E-state index in [9.17, 15) is 14.9 Å². The van der Waals surface area contributed by atoms with Gasteiger partial charge in [-0.25, -0.2) is 0 Å². The Morgan fingerprint density at radius 2 is 1.70 bits per heavy atom. The minimum Gasteiger partial charge on any atom is -0.289 e. The second-order valence-electron chi connectivity index (χ2n) is 4.78. The van der Waals surface area contributed by atoms with Crippen molar-refractivity contribution in [1.82, 2.24) is 0 Å². The zero-order valence-electron chi connectivity index (χ0n) is 11.4. The van der Waals surface area contributed by atoms with E-state index in [1.165, 1.54) is 0 Å². The molecule has 0 aliphatic rings. The summed E-state index contributed by atoms with van der Waals surface area (Å²) in [6, 6.07) is 12.3. The topological polar surface area (TPSA) is 60.2 Å². The van der Waals surface area contributed by atoms with Gasteiger partial charge >= 0.3 is 0 Å². The largest absolute Gasteiger partial charge is 0.289 e. The molecule has 20 heavy (non-hydrogen) atoms. The Hall–Kier alpha value is -2.49. The maximum absolute atomic E-state index is 12.5. The average Bonchev–Trinajstić information content (AvgIpc) is 2.42. The molecule has 0 N–H and O–H groups in total. The van der Waals surface area contributed by atoms with Crippen molar-refractivity contribution in [3.8, 4) is 0 Å². The number of hydrogen-bond donors (Lipinski definition) is 0. The number of carbonyl (C=O) groups is 1. The minimum atomic E-state index is -0.411. The summed E-state index contributed by atoms with van der Waals surface area (Å²) in [6.07, 6.45) is 0. The van der Waals surface area contributed by atoms with Crippen LogP contribution in [-0.4, -0.2) is 10.7 Å². The van der Waals surface area contributed by atoms with Crippen molar-refractivity contribution in [2.75, 3.05) is 0 Å². The summed E-state index contributed by atoms with van der Waals surface area (Å²) in [7, 11) is 0. The number of nitro groups is 1. The number of benzene rings is 2. The van der Waals surface area contributed by atoms with Crippen molar-refractivity contribution in [2.24, 2.45) is 0 Å². The Morgan fingerprint density at radius 1 is 1.10 bits per heavy atom. The van der Waals surface area contributed by atoms with Gasteiger partial charge in [0.2, 0.25) is 6.54 Å². The van der Waals surface area contributed by atoms with Gasteiger partial charge in [-0.15, -0.1) is 0 Å². The van der Waals surface area contributed by atoms with Gasteiger partial charge in [-0.05, 0) is 37.1 Å². The summed E-state index contributed by atoms with van der Waals surface area (Å²) < 4.78 is 0. The first kappa shape index (κ1) is 13.9. The van der Waals surface area contributed by atoms with Crippen LogP contribution >= 0.6 is 0 Å². The van der Waals surface area contributed by atoms with E-state index in [1.54, 1.807) is 36.4 Å². The summed E-state index contributed by atoms with van der Waals surface area (Å²) in [6.45, 7) is 3.44. The predicted molar refractivity (Wildman–Crippen MR) is 76.5 cm³/mol. The Balaban J connectivity index is 2.52. The van der Waals surface area contributed by atoms with E-state index in [1.807, 2.05) is 19.9 Å². The van der Waals surface area contributed by atoms with Crippen LogP contribution in [0.5, 0.6) is 0 Å². The van der Waals surface area contributed by atoms with Crippen molar-refractivity contribution in [2.45, 2.75) is 20.4 Å². The number of carbonyl (C=O) groups excluding carboxylic acids is 1. The molecule has 2 aromatic rings. The van der Waals surface area contributed by atoms with Gasteiger partial charge in [0.15, 0.2) is 5.78 Å². The molecule has 0 radical (unpaired) electrons. The fourth-order valence-electron chi connectivity index (χ4n) is 2.10. The molecule has 0 aliphatic carbocycles. The highest BCUT2D eigenvalue weighted by atomic mass is 16.6. The molecule has 0 aliphatic heterocycles. The van der Waals surface area contributed by atoms with Gasteiger partial charge in [0.05, 0.1) is 0 Å². The first-order valence-corrected chi connectivity index (χ1v) is 6.30. The van der Waals surface area contributed by atoms with E-state index in [2.05, 4.69) is 0 Å². The van der Waals surface area contributed by atoms with E-state index in [0.717, 1.165) is 11.1 Å². The molecule has 4 nitrogen and oxygen atoms in total. The lowest BCUT2D eigenvalue weighted by Crippen LogP contribution is -2.10. The number of nitrogens with zero attached hydrogens (tertiary/aromatic N) is 1. The standard InChI is InChI=1S/C16H15NO3/c1-11-8-14(10-17(19)20)15(9-12(11)2)16(18)13-6-4-3-5-7-13/h3-9H,10H2,1-2H3. The molecule has 0 saturated heterocycles. The second kappa shape index (κ2) is 5.65. The van der Waals surface area contributed by atoms with Gasteiger partial charge in [0.1, 0.15) is 0 Å². The lowest BCUT2D eigenvalue weighted by Gasteiger charge is -2.09. The van der Waals surface area contributed by atoms with Gasteiger partial charge in [-0.1, -0.05) is 30.3 Å². The van der Waals surface area contributed by atoms with Crippen molar-refractivity contribution in [3.63, 3.8) is 0 Å². The molecule has 102 valence electrons. The zero-order chi connectivity index (χ0) is 14.7. The minimum absolute atomic E-state index is 0.175. The first-order chi connectivity index (χ1) is 9.49. The maximum Gasteiger partial charge on any atom is 0.229 e. The fraction of sp³-hybridized carbons (Fsp3) is 0.188. The molecular formula is C16H15NO3. The van der Waals surface area contributed by atoms with E-state index in [-0.39, 0.29) is 12.3 Å². The van der Waals surface area contributed by atoms with Gasteiger partial charge in [0, 0.05) is 21.6 Å². The maximum atomic E-state index is 12.5. The van der Waals surface area contributed by atoms with Gasteiger partial charge < -0.3 is 0 Å². The molecule has 0 amide bonds. The Kier molecular flexibility index (Phi) is 3.94. The van der Waals surface area contributed by atoms with Gasteiger partial charge in [-0.3, -0.25) is 14.9 Å². The molecule has 2 aromatic carbocycles. The van der Waals surface area contributed by atoms with Crippen molar-refractivity contribution >= 4 is 5.78 Å². The highest BCUT2D eigenvalue weighted by molar-refractivity contribution is 6.10. The van der Waals surface area contributed by atoms with Crippen LogP contribution in [0.25, 0.3) is 0 Å². The second-order valence-corrected chi connectivity index (χ2v) is 4.78. The summed E-state index contributed by atoms with van der Waals surface area (Å²) in [5.74, 6) is -0.175. The first-order valence-electron chi connectivity index (χ1n) is 6.30. The van der Waals surface area contributed by atoms with Crippen LogP contribution in [-0.2, 0) is 6.54 Å². The van der Waals surface area contributed by atoms with Crippen LogP contribution in [0.3, 0.4) is 0 Å². The third kappa shape index (κ3) is 2.91. The smallest absolute Gasteiger partial charge is 0.229 e. The molecule has 0 bridgehead atoms. The SMILES string of the molecule is Cc1cc(C[N+](=O)[O-])c(C(=O)c2ccccc2)cc1C. The van der Waals surface area contributed by atoms with E-state index >= 15 is 0 Å². The fourth-order valence-corrected chi connectivity index (χ4v) is 2.10. The molecule has 4 heteroatoms. The summed E-state index contributed by atoms with van der Waals surface area (Å²) in [4.78, 5) is 22.8. The normalized spacial score (nSPS) is 10.3. The lowest BCUT2D eigenvalue weighted by molar-refractivity contribution is -0.496. The van der Waals surface area contributed by atoms with Crippen molar-refractivity contribution < 1.29 is 9.72 Å². The quantitative estimate of drug-likeness (QED) is 0.486. The van der Waals surface area contributed by atoms with E-state index in [4.69, 9.17) is 0 Å². The number of aryl methyl sites for hydroxylation is 2. The third-order valence-electron chi connectivity index (χ3n) is 3.30. The van der Waals surface area contributed by atoms with Crippen LogP contribution in [0.4, 0.5) is 0 Å². The van der Waals surface area contributed by atoms with Crippen LogP contribution in [0.15, 0.2) is 42.5 Å². The molecule has 0 atom stereocenters. The van der Waals surface area contributed by atoms with Crippen LogP contribution < -0.4 is 0 Å². The lowest BCUT2D eigenvalue weighted by atomic mass is 9.94. The van der Waals surface area contributed by atoms with Gasteiger partial charge in [0.25, 0.3) is 0 Å². The summed E-state index contributed by atoms with van der Waals surface area (Å²) in [5.41, 5.74) is 3.33. The average molecular weight is 269 g/mol. The summed E-state index contributed by atoms with van der Waals surface area (Å²) >= 11 is 0. The highest BCUT2D eigenvalue weighted by Gasteiger charge is 2.17. The monoisotopic (exact) mass is 269 g/mol. The molecule has 0 unspecified atom stereocenters. The number of rotatable bonds is 4. The van der Waals surface area contributed by atoms with Crippen LogP contribution in [0.2, 0.25) is 0 Å². The highest BCUT2D eigenvalue weighted by Crippen LogP contribution is 2.20. The molecular weight excluding hydrogens is 254 g/mol. The van der Waals surface area contributed by atoms with Crippen molar-refractivity contribution in [1.29, 1.82) is 0 Å². The Labute approximate surface area is 117 Å². The zero-order valence-corrected chi connectivity index (χ0v) is 11.4. The Morgan fingerprint density at radius 3 is 2.30 bits per heavy atom. The number of ketones is 1. The molecule has 2 rings (SSSR count). The van der Waals surface area contributed by atoms with E-state index < -0.39 is 4.92 Å². The van der Waals surface area contributed by atoms with E-state index in [0.29, 0.717) is 16.7 Å². The molecule has 0 fully saturated rings. The molecule has 0 saturated carbocycles. The molecule has 0 heterocycles. The van der Waals surface area contributed by atoms with Crippen molar-refractivity contribution in [3.05, 3.63) is 80.4 Å². The molecule has 0 aromatic heterocycles. The third-order valence-corrected chi connectivity index (χ3v) is 3.30. The number of hydrogen-bond acceptors (Lipinski definition) is 3. The van der Waals surface area contributed by atoms with Crippen LogP contribution in [0, 0.1) is 24.0 Å². The summed E-state index contributed by atoms with van der Waals surface area (Å²) in [5, 5.41) is 10.8. The Bertz CT molecular complexity index is 663. The molecule has 0 spiro atoms.